The Balaban J connectivity index is 2.88. The smallest absolute Gasteiger partial charge is 0.326 e. The zero-order valence-corrected chi connectivity index (χ0v) is 11.2. The van der Waals surface area contributed by atoms with Crippen LogP contribution >= 0.6 is 0 Å². The van der Waals surface area contributed by atoms with Crippen molar-refractivity contribution in [2.75, 3.05) is 18.1 Å². The Morgan fingerprint density at radius 1 is 1.33 bits per heavy atom. The van der Waals surface area contributed by atoms with Gasteiger partial charge in [-0.1, -0.05) is 6.92 Å². The number of rotatable bonds is 7. The van der Waals surface area contributed by atoms with E-state index < -0.39 is 12.0 Å². The Bertz CT molecular complexity index is 375. The molecule has 1 unspecified atom stereocenters. The van der Waals surface area contributed by atoms with E-state index >= 15 is 0 Å². The van der Waals surface area contributed by atoms with Gasteiger partial charge in [-0.3, -0.25) is 0 Å². The van der Waals surface area contributed by atoms with Gasteiger partial charge in [0.1, 0.15) is 11.8 Å². The maximum absolute atomic E-state index is 11.1. The summed E-state index contributed by atoms with van der Waals surface area (Å²) in [5.41, 5.74) is 0.912. The van der Waals surface area contributed by atoms with Crippen LogP contribution in [0.15, 0.2) is 24.3 Å². The van der Waals surface area contributed by atoms with Gasteiger partial charge in [-0.25, -0.2) is 4.79 Å². The molecular formula is C14H21NO3. The number of benzene rings is 1. The minimum atomic E-state index is -0.808. The van der Waals surface area contributed by atoms with Crippen LogP contribution in [0, 0.1) is 0 Å². The van der Waals surface area contributed by atoms with Crippen molar-refractivity contribution in [3.05, 3.63) is 24.3 Å². The fourth-order valence-electron chi connectivity index (χ4n) is 1.82. The van der Waals surface area contributed by atoms with E-state index in [0.717, 1.165) is 24.4 Å². The largest absolute Gasteiger partial charge is 0.494 e. The van der Waals surface area contributed by atoms with E-state index in [1.54, 1.807) is 6.92 Å². The van der Waals surface area contributed by atoms with E-state index in [1.807, 2.05) is 43.0 Å². The van der Waals surface area contributed by atoms with E-state index in [2.05, 4.69) is 0 Å². The standard InChI is InChI=1S/C14H21NO3/c1-4-10-15(11(3)14(16)17)12-6-8-13(9-7-12)18-5-2/h6-9,11H,4-5,10H2,1-3H3,(H,16,17). The molecule has 0 spiro atoms. The Hall–Kier alpha value is -1.71. The second-order valence-corrected chi connectivity index (χ2v) is 4.13. The molecular weight excluding hydrogens is 230 g/mol. The SMILES string of the molecule is CCCN(c1ccc(OCC)cc1)C(C)C(=O)O. The van der Waals surface area contributed by atoms with Gasteiger partial charge in [0.15, 0.2) is 0 Å². The van der Waals surface area contributed by atoms with Crippen molar-refractivity contribution in [3.8, 4) is 5.75 Å². The number of hydrogen-bond donors (Lipinski definition) is 1. The van der Waals surface area contributed by atoms with Gasteiger partial charge in [0.05, 0.1) is 6.61 Å². The molecule has 0 amide bonds. The molecule has 0 saturated carbocycles. The molecule has 0 aromatic heterocycles. The maximum atomic E-state index is 11.1. The lowest BCUT2D eigenvalue weighted by Gasteiger charge is -2.28. The van der Waals surface area contributed by atoms with Gasteiger partial charge in [0, 0.05) is 12.2 Å². The normalized spacial score (nSPS) is 11.9. The Kier molecular flexibility index (Phi) is 5.49. The monoisotopic (exact) mass is 251 g/mol. The summed E-state index contributed by atoms with van der Waals surface area (Å²) in [7, 11) is 0. The number of anilines is 1. The molecule has 0 aliphatic heterocycles. The summed E-state index contributed by atoms with van der Waals surface area (Å²) in [6.07, 6.45) is 0.908. The van der Waals surface area contributed by atoms with Crippen molar-refractivity contribution in [3.63, 3.8) is 0 Å². The summed E-state index contributed by atoms with van der Waals surface area (Å²) in [5, 5.41) is 9.11. The lowest BCUT2D eigenvalue weighted by Crippen LogP contribution is -2.39. The number of hydrogen-bond acceptors (Lipinski definition) is 3. The summed E-state index contributed by atoms with van der Waals surface area (Å²) < 4.78 is 5.37. The van der Waals surface area contributed by atoms with Gasteiger partial charge in [-0.05, 0) is 44.5 Å². The quantitative estimate of drug-likeness (QED) is 0.809. The van der Waals surface area contributed by atoms with Gasteiger partial charge in [-0.15, -0.1) is 0 Å². The highest BCUT2D eigenvalue weighted by atomic mass is 16.5. The predicted octanol–water partition coefficient (Wildman–Crippen LogP) is 2.77. The van der Waals surface area contributed by atoms with E-state index in [9.17, 15) is 4.79 Å². The van der Waals surface area contributed by atoms with Crippen LogP contribution in [0.2, 0.25) is 0 Å². The molecule has 0 saturated heterocycles. The summed E-state index contributed by atoms with van der Waals surface area (Å²) in [6, 6.07) is 7.02. The molecule has 0 radical (unpaired) electrons. The highest BCUT2D eigenvalue weighted by Crippen LogP contribution is 2.21. The molecule has 1 aromatic rings. The number of ether oxygens (including phenoxy) is 1. The lowest BCUT2D eigenvalue weighted by molar-refractivity contribution is -0.138. The maximum Gasteiger partial charge on any atom is 0.326 e. The molecule has 1 N–H and O–H groups in total. The molecule has 100 valence electrons. The first kappa shape index (κ1) is 14.4. The van der Waals surface area contributed by atoms with Crippen molar-refractivity contribution in [1.29, 1.82) is 0 Å². The van der Waals surface area contributed by atoms with E-state index in [1.165, 1.54) is 0 Å². The molecule has 18 heavy (non-hydrogen) atoms. The highest BCUT2D eigenvalue weighted by Gasteiger charge is 2.20. The molecule has 1 aromatic carbocycles. The molecule has 1 atom stereocenters. The van der Waals surface area contributed by atoms with Crippen molar-refractivity contribution in [2.45, 2.75) is 33.2 Å². The first-order valence-corrected chi connectivity index (χ1v) is 6.32. The molecule has 0 aliphatic carbocycles. The van der Waals surface area contributed by atoms with Crippen LogP contribution in [0.5, 0.6) is 5.75 Å². The first-order valence-electron chi connectivity index (χ1n) is 6.32. The fraction of sp³-hybridized carbons (Fsp3) is 0.500. The number of aliphatic carboxylic acids is 1. The van der Waals surface area contributed by atoms with Crippen LogP contribution < -0.4 is 9.64 Å². The predicted molar refractivity (Wildman–Crippen MR) is 72.3 cm³/mol. The Morgan fingerprint density at radius 2 is 1.94 bits per heavy atom. The molecule has 0 fully saturated rings. The van der Waals surface area contributed by atoms with Crippen LogP contribution in [0.1, 0.15) is 27.2 Å². The first-order chi connectivity index (χ1) is 8.60. The van der Waals surface area contributed by atoms with Gasteiger partial charge in [0.25, 0.3) is 0 Å². The zero-order valence-electron chi connectivity index (χ0n) is 11.2. The van der Waals surface area contributed by atoms with Gasteiger partial charge < -0.3 is 14.7 Å². The minimum Gasteiger partial charge on any atom is -0.494 e. The van der Waals surface area contributed by atoms with Gasteiger partial charge in [-0.2, -0.15) is 0 Å². The number of carboxylic acid groups (broad SMARTS) is 1. The molecule has 1 rings (SSSR count). The molecule has 0 aliphatic rings. The summed E-state index contributed by atoms with van der Waals surface area (Å²) >= 11 is 0. The van der Waals surface area contributed by atoms with Crippen molar-refractivity contribution in [1.82, 2.24) is 0 Å². The van der Waals surface area contributed by atoms with Crippen molar-refractivity contribution < 1.29 is 14.6 Å². The highest BCUT2D eigenvalue weighted by molar-refractivity contribution is 5.77. The second kappa shape index (κ2) is 6.89. The summed E-state index contributed by atoms with van der Waals surface area (Å²) in [5.74, 6) is -0.00184. The summed E-state index contributed by atoms with van der Waals surface area (Å²) in [6.45, 7) is 7.03. The van der Waals surface area contributed by atoms with Crippen LogP contribution in [0.25, 0.3) is 0 Å². The molecule has 4 nitrogen and oxygen atoms in total. The molecule has 0 heterocycles. The third kappa shape index (κ3) is 3.65. The average molecular weight is 251 g/mol. The Labute approximate surface area is 108 Å². The fourth-order valence-corrected chi connectivity index (χ4v) is 1.82. The average Bonchev–Trinajstić information content (AvgIpc) is 2.36. The van der Waals surface area contributed by atoms with Crippen molar-refractivity contribution in [2.24, 2.45) is 0 Å². The zero-order chi connectivity index (χ0) is 13.5. The number of nitrogens with zero attached hydrogens (tertiary/aromatic N) is 1. The Morgan fingerprint density at radius 3 is 2.39 bits per heavy atom. The second-order valence-electron chi connectivity index (χ2n) is 4.13. The third-order valence-electron chi connectivity index (χ3n) is 2.77. The summed E-state index contributed by atoms with van der Waals surface area (Å²) in [4.78, 5) is 13.0. The van der Waals surface area contributed by atoms with Crippen molar-refractivity contribution >= 4 is 11.7 Å². The van der Waals surface area contributed by atoms with Gasteiger partial charge >= 0.3 is 5.97 Å². The van der Waals surface area contributed by atoms with Gasteiger partial charge in [0.2, 0.25) is 0 Å². The third-order valence-corrected chi connectivity index (χ3v) is 2.77. The lowest BCUT2D eigenvalue weighted by atomic mass is 10.2. The number of carboxylic acids is 1. The topological polar surface area (TPSA) is 49.8 Å². The molecule has 0 bridgehead atoms. The van der Waals surface area contributed by atoms with Crippen LogP contribution in [0.4, 0.5) is 5.69 Å². The van der Waals surface area contributed by atoms with Crippen LogP contribution in [-0.4, -0.2) is 30.3 Å². The van der Waals surface area contributed by atoms with E-state index in [0.29, 0.717) is 6.61 Å². The van der Waals surface area contributed by atoms with E-state index in [4.69, 9.17) is 9.84 Å². The van der Waals surface area contributed by atoms with E-state index in [-0.39, 0.29) is 0 Å². The van der Waals surface area contributed by atoms with Crippen LogP contribution in [0.3, 0.4) is 0 Å². The van der Waals surface area contributed by atoms with Crippen LogP contribution in [-0.2, 0) is 4.79 Å². The molecule has 4 heteroatoms. The minimum absolute atomic E-state index is 0.525. The number of carbonyl (C=O) groups is 1.